The van der Waals surface area contributed by atoms with Gasteiger partial charge in [-0.3, -0.25) is 9.32 Å². The number of phosphoric acid groups is 1. The smallest absolute Gasteiger partial charge is 0.387 e. The van der Waals surface area contributed by atoms with Crippen LogP contribution in [-0.4, -0.2) is 65.4 Å². The first-order valence-corrected chi connectivity index (χ1v) is 9.77. The molecule has 0 saturated carbocycles. The van der Waals surface area contributed by atoms with Crippen molar-refractivity contribution < 1.29 is 33.8 Å². The number of phosphoric ester groups is 1. The molecule has 4 aliphatic rings. The van der Waals surface area contributed by atoms with Crippen molar-refractivity contribution in [3.05, 3.63) is 27.8 Å². The van der Waals surface area contributed by atoms with Gasteiger partial charge in [0.2, 0.25) is 0 Å². The molecule has 14 heteroatoms. The molecule has 0 bridgehead atoms. The van der Waals surface area contributed by atoms with E-state index in [-0.39, 0.29) is 12.1 Å². The molecule has 4 aliphatic heterocycles. The Morgan fingerprint density at radius 3 is 2.96 bits per heavy atom. The second-order valence-corrected chi connectivity index (χ2v) is 8.03. The lowest BCUT2D eigenvalue weighted by atomic mass is 9.96. The topological polar surface area (TPSA) is 192 Å². The lowest BCUT2D eigenvalue weighted by molar-refractivity contribution is -0.103. The minimum absolute atomic E-state index is 0.228. The van der Waals surface area contributed by atoms with E-state index in [9.17, 15) is 19.6 Å². The van der Waals surface area contributed by atoms with E-state index in [4.69, 9.17) is 14.5 Å². The summed E-state index contributed by atoms with van der Waals surface area (Å²) in [4.78, 5) is 32.5. The van der Waals surface area contributed by atoms with Crippen LogP contribution in [0.15, 0.2) is 16.1 Å². The molecule has 1 saturated heterocycles. The Labute approximate surface area is 157 Å². The van der Waals surface area contributed by atoms with Gasteiger partial charge in [-0.1, -0.05) is 0 Å². The fraction of sp³-hybridized carbons (Fsp3) is 0.500. The van der Waals surface area contributed by atoms with Crippen LogP contribution in [0, 0.1) is 0 Å². The summed E-state index contributed by atoms with van der Waals surface area (Å²) >= 11 is 0. The van der Waals surface area contributed by atoms with Gasteiger partial charge in [0.15, 0.2) is 6.23 Å². The highest BCUT2D eigenvalue weighted by molar-refractivity contribution is 7.46. The van der Waals surface area contributed by atoms with Gasteiger partial charge in [0.05, 0.1) is 31.3 Å². The largest absolute Gasteiger partial charge is 0.469 e. The Morgan fingerprint density at radius 2 is 2.25 bits per heavy atom. The van der Waals surface area contributed by atoms with E-state index in [0.29, 0.717) is 22.5 Å². The maximum atomic E-state index is 12.2. The summed E-state index contributed by atoms with van der Waals surface area (Å²) < 4.78 is 22.1. The molecule has 0 aromatic heterocycles. The fourth-order valence-electron chi connectivity index (χ4n) is 3.40. The molecule has 0 aliphatic carbocycles. The predicted molar refractivity (Wildman–Crippen MR) is 92.4 cm³/mol. The van der Waals surface area contributed by atoms with Crippen LogP contribution >= 0.6 is 7.82 Å². The van der Waals surface area contributed by atoms with Gasteiger partial charge in [-0.05, 0) is 6.92 Å². The number of nitrogens with one attached hydrogen (secondary N) is 2. The number of hydrogen-bond donors (Lipinski definition) is 6. The number of nitrogens with zero attached hydrogens (tertiary/aromatic N) is 3. The van der Waals surface area contributed by atoms with Gasteiger partial charge in [0.1, 0.15) is 23.5 Å². The van der Waals surface area contributed by atoms with Crippen LogP contribution in [0.4, 0.5) is 0 Å². The first-order chi connectivity index (χ1) is 13.1. The third kappa shape index (κ3) is 3.16. The zero-order valence-electron chi connectivity index (χ0n) is 14.5. The van der Waals surface area contributed by atoms with E-state index in [1.165, 1.54) is 24.0 Å². The van der Waals surface area contributed by atoms with Crippen molar-refractivity contribution in [2.45, 2.75) is 37.5 Å². The zero-order chi connectivity index (χ0) is 20.3. The SMILES string of the molecule is C[C@@]1(O)[C@H](O)[C@@H](COP(=O)(O)O)O[C@H]1n1cc2[nH]c(=O)c3c-2c(n1)C=NNC3. The van der Waals surface area contributed by atoms with Crippen LogP contribution in [0.2, 0.25) is 0 Å². The number of ether oxygens (including phenoxy) is 1. The van der Waals surface area contributed by atoms with Crippen molar-refractivity contribution in [2.24, 2.45) is 5.10 Å². The first kappa shape index (κ1) is 19.2. The van der Waals surface area contributed by atoms with Gasteiger partial charge in [-0.15, -0.1) is 0 Å². The summed E-state index contributed by atoms with van der Waals surface area (Å²) in [6.07, 6.45) is -1.10. The second-order valence-electron chi connectivity index (χ2n) is 6.79. The summed E-state index contributed by atoms with van der Waals surface area (Å²) in [6.45, 7) is 0.883. The predicted octanol–water partition coefficient (Wildman–Crippen LogP) is -1.77. The first-order valence-electron chi connectivity index (χ1n) is 8.24. The zero-order valence-corrected chi connectivity index (χ0v) is 15.4. The highest BCUT2D eigenvalue weighted by atomic mass is 31.2. The molecule has 152 valence electrons. The van der Waals surface area contributed by atoms with E-state index in [1.54, 1.807) is 0 Å². The highest BCUT2D eigenvalue weighted by Gasteiger charge is 2.54. The molecule has 4 heterocycles. The number of H-pyrrole nitrogens is 1. The normalized spacial score (nSPS) is 29.8. The molecule has 6 N–H and O–H groups in total. The fourth-order valence-corrected chi connectivity index (χ4v) is 3.74. The molecule has 0 spiro atoms. The summed E-state index contributed by atoms with van der Waals surface area (Å²) in [5, 5.41) is 29.4. The van der Waals surface area contributed by atoms with E-state index in [1.807, 2.05) is 0 Å². The number of hydrazone groups is 1. The van der Waals surface area contributed by atoms with Gasteiger partial charge in [-0.25, -0.2) is 9.25 Å². The van der Waals surface area contributed by atoms with E-state index < -0.39 is 38.5 Å². The van der Waals surface area contributed by atoms with Gasteiger partial charge < -0.3 is 35.1 Å². The van der Waals surface area contributed by atoms with Gasteiger partial charge in [-0.2, -0.15) is 10.2 Å². The van der Waals surface area contributed by atoms with Crippen molar-refractivity contribution in [1.82, 2.24) is 20.2 Å². The summed E-state index contributed by atoms with van der Waals surface area (Å²) in [6, 6.07) is 0. The Balaban J connectivity index is 1.73. The van der Waals surface area contributed by atoms with Gasteiger partial charge >= 0.3 is 7.82 Å². The molecule has 1 fully saturated rings. The number of aliphatic hydroxyl groups excluding tert-OH is 1. The monoisotopic (exact) mass is 415 g/mol. The minimum Gasteiger partial charge on any atom is -0.387 e. The van der Waals surface area contributed by atoms with E-state index in [2.05, 4.69) is 25.1 Å². The van der Waals surface area contributed by atoms with Crippen LogP contribution in [0.5, 0.6) is 0 Å². The van der Waals surface area contributed by atoms with Crippen LogP contribution in [0.25, 0.3) is 11.3 Å². The number of aromatic nitrogens is 3. The molecule has 4 rings (SSSR count). The third-order valence-electron chi connectivity index (χ3n) is 4.77. The quantitative estimate of drug-likeness (QED) is 0.312. The molecule has 0 unspecified atom stereocenters. The van der Waals surface area contributed by atoms with Gasteiger partial charge in [0, 0.05) is 11.1 Å². The van der Waals surface area contributed by atoms with E-state index >= 15 is 0 Å². The molecular weight excluding hydrogens is 397 g/mol. The third-order valence-corrected chi connectivity index (χ3v) is 5.26. The Kier molecular flexibility index (Phi) is 4.43. The molecule has 4 atom stereocenters. The molecule has 0 amide bonds. The van der Waals surface area contributed by atoms with Crippen molar-refractivity contribution in [3.8, 4) is 11.3 Å². The van der Waals surface area contributed by atoms with E-state index in [0.717, 1.165) is 0 Å². The van der Waals surface area contributed by atoms with Crippen molar-refractivity contribution in [3.63, 3.8) is 0 Å². The molecule has 28 heavy (non-hydrogen) atoms. The molecule has 0 radical (unpaired) electrons. The lowest BCUT2D eigenvalue weighted by Crippen LogP contribution is -2.44. The average Bonchev–Trinajstić information content (AvgIpc) is 2.91. The van der Waals surface area contributed by atoms with Crippen molar-refractivity contribution in [2.75, 3.05) is 6.61 Å². The number of aromatic amines is 1. The molecular formula is C14H18N5O8P. The molecule has 0 aromatic rings. The standard InChI is InChI=1S/C14H18N5O8P/c1-14(22)11(20)9(5-26-28(23,24)25)27-13(14)19-4-8-10-6(12(21)17-8)2-15-16-3-7(10)18-19/h3-4,9,11,13,15,20,22H,2,5H2,1H3,(H,17,21)(H2,23,24,25)/t9-,11-,13-,14-/m1/s1. The summed E-state index contributed by atoms with van der Waals surface area (Å²) in [7, 11) is -4.78. The van der Waals surface area contributed by atoms with Crippen molar-refractivity contribution >= 4 is 14.0 Å². The maximum Gasteiger partial charge on any atom is 0.469 e. The second kappa shape index (κ2) is 6.46. The summed E-state index contributed by atoms with van der Waals surface area (Å²) in [5.74, 6) is 0. The highest BCUT2D eigenvalue weighted by Crippen LogP contribution is 2.42. The number of aliphatic hydroxyl groups is 2. The van der Waals surface area contributed by atoms with Crippen molar-refractivity contribution in [1.29, 1.82) is 0 Å². The molecule has 13 nitrogen and oxygen atoms in total. The van der Waals surface area contributed by atoms with Crippen LogP contribution in [0.1, 0.15) is 24.4 Å². The Bertz CT molecular complexity index is 1010. The minimum atomic E-state index is -4.78. The number of rotatable bonds is 4. The lowest BCUT2D eigenvalue weighted by Gasteiger charge is -2.28. The summed E-state index contributed by atoms with van der Waals surface area (Å²) in [5.41, 5.74) is 2.38. The maximum absolute atomic E-state index is 12.2. The Hall–Kier alpha value is -2.12. The Morgan fingerprint density at radius 1 is 1.50 bits per heavy atom. The van der Waals surface area contributed by atoms with Gasteiger partial charge in [0.25, 0.3) is 5.56 Å². The van der Waals surface area contributed by atoms with Crippen LogP contribution in [0.3, 0.4) is 0 Å². The number of hydrogen-bond acceptors (Lipinski definition) is 9. The van der Waals surface area contributed by atoms with Crippen LogP contribution in [-0.2, 0) is 20.4 Å². The van der Waals surface area contributed by atoms with Crippen LogP contribution < -0.4 is 11.0 Å². The average molecular weight is 415 g/mol. The molecule has 0 aromatic carbocycles.